The SMILES string of the molecule is C/C=C\C(=C/C)c1ccc(NN)c(N)c1. The molecule has 0 spiro atoms. The van der Waals surface area contributed by atoms with E-state index in [9.17, 15) is 0 Å². The van der Waals surface area contributed by atoms with E-state index < -0.39 is 0 Å². The summed E-state index contributed by atoms with van der Waals surface area (Å²) in [5, 5.41) is 0. The zero-order chi connectivity index (χ0) is 11.3. The van der Waals surface area contributed by atoms with Gasteiger partial charge in [-0.1, -0.05) is 24.3 Å². The molecule has 15 heavy (non-hydrogen) atoms. The minimum atomic E-state index is 0.652. The van der Waals surface area contributed by atoms with Crippen LogP contribution in [0.5, 0.6) is 0 Å². The molecular formula is C12H17N3. The minimum Gasteiger partial charge on any atom is -0.397 e. The van der Waals surface area contributed by atoms with Gasteiger partial charge in [-0.2, -0.15) is 0 Å². The van der Waals surface area contributed by atoms with Crippen molar-refractivity contribution in [3.63, 3.8) is 0 Å². The van der Waals surface area contributed by atoms with Crippen LogP contribution in [-0.2, 0) is 0 Å². The van der Waals surface area contributed by atoms with Gasteiger partial charge in [-0.15, -0.1) is 0 Å². The van der Waals surface area contributed by atoms with Crippen LogP contribution in [0.2, 0.25) is 0 Å². The summed E-state index contributed by atoms with van der Waals surface area (Å²) in [6, 6.07) is 5.77. The van der Waals surface area contributed by atoms with Crippen molar-refractivity contribution in [2.45, 2.75) is 13.8 Å². The van der Waals surface area contributed by atoms with Crippen molar-refractivity contribution in [1.82, 2.24) is 0 Å². The monoisotopic (exact) mass is 203 g/mol. The van der Waals surface area contributed by atoms with Gasteiger partial charge >= 0.3 is 0 Å². The molecule has 0 fully saturated rings. The van der Waals surface area contributed by atoms with Crippen molar-refractivity contribution < 1.29 is 0 Å². The van der Waals surface area contributed by atoms with Gasteiger partial charge in [-0.05, 0) is 37.1 Å². The zero-order valence-corrected chi connectivity index (χ0v) is 9.12. The predicted molar refractivity (Wildman–Crippen MR) is 67.1 cm³/mol. The van der Waals surface area contributed by atoms with E-state index in [0.717, 1.165) is 16.8 Å². The van der Waals surface area contributed by atoms with Crippen LogP contribution in [0.3, 0.4) is 0 Å². The van der Waals surface area contributed by atoms with E-state index in [-0.39, 0.29) is 0 Å². The Kier molecular flexibility index (Phi) is 3.94. The lowest BCUT2D eigenvalue weighted by Gasteiger charge is -2.08. The highest BCUT2D eigenvalue weighted by Gasteiger charge is 2.01. The third-order valence-corrected chi connectivity index (χ3v) is 2.20. The first kappa shape index (κ1) is 11.3. The summed E-state index contributed by atoms with van der Waals surface area (Å²) < 4.78 is 0. The third kappa shape index (κ3) is 2.60. The Balaban J connectivity index is 3.11. The van der Waals surface area contributed by atoms with Gasteiger partial charge in [-0.25, -0.2) is 0 Å². The van der Waals surface area contributed by atoms with E-state index in [4.69, 9.17) is 11.6 Å². The molecule has 0 aliphatic rings. The van der Waals surface area contributed by atoms with E-state index >= 15 is 0 Å². The lowest BCUT2D eigenvalue weighted by atomic mass is 10.0. The minimum absolute atomic E-state index is 0.652. The molecule has 0 aromatic heterocycles. The molecule has 0 radical (unpaired) electrons. The maximum atomic E-state index is 5.83. The normalized spacial score (nSPS) is 12.1. The molecule has 0 bridgehead atoms. The van der Waals surface area contributed by atoms with Crippen molar-refractivity contribution in [3.05, 3.63) is 42.0 Å². The lowest BCUT2D eigenvalue weighted by molar-refractivity contribution is 1.35. The van der Waals surface area contributed by atoms with Gasteiger partial charge in [0.1, 0.15) is 0 Å². The second kappa shape index (κ2) is 5.22. The predicted octanol–water partition coefficient (Wildman–Crippen LogP) is 2.53. The molecular weight excluding hydrogens is 186 g/mol. The van der Waals surface area contributed by atoms with E-state index in [1.165, 1.54) is 0 Å². The topological polar surface area (TPSA) is 64.1 Å². The Morgan fingerprint density at radius 3 is 2.53 bits per heavy atom. The number of nitrogen functional groups attached to an aromatic ring is 2. The van der Waals surface area contributed by atoms with Crippen LogP contribution in [0.15, 0.2) is 36.4 Å². The maximum absolute atomic E-state index is 5.83. The quantitative estimate of drug-likeness (QED) is 0.306. The molecule has 0 aliphatic carbocycles. The molecule has 5 N–H and O–H groups in total. The first-order valence-corrected chi connectivity index (χ1v) is 4.88. The summed E-state index contributed by atoms with van der Waals surface area (Å²) in [7, 11) is 0. The Bertz CT molecular complexity index is 392. The smallest absolute Gasteiger partial charge is 0.0716 e. The standard InChI is InChI=1S/C12H17N3/c1-3-5-9(4-2)10-6-7-12(15-14)11(13)8-10/h3-8,15H,13-14H2,1-2H3/b5-3-,9-4+. The van der Waals surface area contributed by atoms with Crippen LogP contribution in [0.4, 0.5) is 11.4 Å². The van der Waals surface area contributed by atoms with Crippen molar-refractivity contribution in [3.8, 4) is 0 Å². The van der Waals surface area contributed by atoms with Gasteiger partial charge in [0.15, 0.2) is 0 Å². The van der Waals surface area contributed by atoms with Crippen molar-refractivity contribution in [2.24, 2.45) is 5.84 Å². The molecule has 1 rings (SSSR count). The van der Waals surface area contributed by atoms with Crippen molar-refractivity contribution >= 4 is 16.9 Å². The van der Waals surface area contributed by atoms with E-state index in [0.29, 0.717) is 5.69 Å². The largest absolute Gasteiger partial charge is 0.397 e. The molecule has 3 nitrogen and oxygen atoms in total. The molecule has 1 aromatic rings. The van der Waals surface area contributed by atoms with Crippen LogP contribution >= 0.6 is 0 Å². The summed E-state index contributed by atoms with van der Waals surface area (Å²) in [6.45, 7) is 3.99. The number of hydrogen-bond donors (Lipinski definition) is 3. The Morgan fingerprint density at radius 1 is 1.33 bits per heavy atom. The van der Waals surface area contributed by atoms with Gasteiger partial charge in [-0.3, -0.25) is 5.84 Å². The zero-order valence-electron chi connectivity index (χ0n) is 9.12. The van der Waals surface area contributed by atoms with E-state index in [2.05, 4.69) is 5.43 Å². The summed E-state index contributed by atoms with van der Waals surface area (Å²) in [4.78, 5) is 0. The van der Waals surface area contributed by atoms with Gasteiger partial charge < -0.3 is 11.2 Å². The number of hydrazine groups is 1. The lowest BCUT2D eigenvalue weighted by Crippen LogP contribution is -2.09. The number of nitrogens with one attached hydrogen (secondary N) is 1. The Morgan fingerprint density at radius 2 is 2.07 bits per heavy atom. The van der Waals surface area contributed by atoms with E-state index in [1.807, 2.05) is 50.3 Å². The number of allylic oxidation sites excluding steroid dienone is 4. The van der Waals surface area contributed by atoms with Crippen LogP contribution in [-0.4, -0.2) is 0 Å². The highest BCUT2D eigenvalue weighted by atomic mass is 15.2. The first-order valence-electron chi connectivity index (χ1n) is 4.88. The summed E-state index contributed by atoms with van der Waals surface area (Å²) in [5.74, 6) is 5.31. The van der Waals surface area contributed by atoms with Gasteiger partial charge in [0, 0.05) is 0 Å². The summed E-state index contributed by atoms with van der Waals surface area (Å²) in [5.41, 5.74) is 12.0. The fraction of sp³-hybridized carbons (Fsp3) is 0.167. The van der Waals surface area contributed by atoms with Crippen LogP contribution < -0.4 is 17.0 Å². The molecule has 0 unspecified atom stereocenters. The maximum Gasteiger partial charge on any atom is 0.0716 e. The van der Waals surface area contributed by atoms with Crippen LogP contribution in [0.25, 0.3) is 5.57 Å². The second-order valence-corrected chi connectivity index (χ2v) is 3.19. The Labute approximate surface area is 90.4 Å². The summed E-state index contributed by atoms with van der Waals surface area (Å²) in [6.07, 6.45) is 6.09. The van der Waals surface area contributed by atoms with Crippen molar-refractivity contribution in [2.75, 3.05) is 11.2 Å². The number of rotatable bonds is 3. The van der Waals surface area contributed by atoms with Crippen molar-refractivity contribution in [1.29, 1.82) is 0 Å². The molecule has 0 aliphatic heterocycles. The number of benzene rings is 1. The molecule has 0 heterocycles. The average molecular weight is 203 g/mol. The highest BCUT2D eigenvalue weighted by molar-refractivity contribution is 5.79. The van der Waals surface area contributed by atoms with Gasteiger partial charge in [0.05, 0.1) is 11.4 Å². The number of nitrogens with two attached hydrogens (primary N) is 2. The van der Waals surface area contributed by atoms with Crippen LogP contribution in [0, 0.1) is 0 Å². The average Bonchev–Trinajstić information content (AvgIpc) is 2.25. The fourth-order valence-corrected chi connectivity index (χ4v) is 1.41. The Hall–Kier alpha value is -1.74. The van der Waals surface area contributed by atoms with Crippen LogP contribution in [0.1, 0.15) is 19.4 Å². The first-order chi connectivity index (χ1) is 7.22. The molecule has 0 atom stereocenters. The molecule has 80 valence electrons. The molecule has 1 aromatic carbocycles. The molecule has 0 saturated carbocycles. The third-order valence-electron chi connectivity index (χ3n) is 2.20. The van der Waals surface area contributed by atoms with Gasteiger partial charge in [0.25, 0.3) is 0 Å². The summed E-state index contributed by atoms with van der Waals surface area (Å²) >= 11 is 0. The van der Waals surface area contributed by atoms with E-state index in [1.54, 1.807) is 0 Å². The molecule has 0 saturated heterocycles. The number of anilines is 2. The number of hydrogen-bond acceptors (Lipinski definition) is 3. The fourth-order valence-electron chi connectivity index (χ4n) is 1.41. The molecule has 3 heteroatoms. The van der Waals surface area contributed by atoms with Gasteiger partial charge in [0.2, 0.25) is 0 Å². The molecule has 0 amide bonds. The highest BCUT2D eigenvalue weighted by Crippen LogP contribution is 2.24. The second-order valence-electron chi connectivity index (χ2n) is 3.19.